The summed E-state index contributed by atoms with van der Waals surface area (Å²) >= 11 is 1.85. The fourth-order valence-electron chi connectivity index (χ4n) is 8.54. The number of hydrogen-bond acceptors (Lipinski definition) is 4. The second-order valence-electron chi connectivity index (χ2n) is 14.5. The number of nitrogens with zero attached hydrogens (tertiary/aromatic N) is 5. The molecule has 0 unspecified atom stereocenters. The number of hydrogen-bond donors (Lipinski definition) is 0. The van der Waals surface area contributed by atoms with Gasteiger partial charge in [-0.05, 0) is 66.7 Å². The third-order valence-corrected chi connectivity index (χ3v) is 12.3. The van der Waals surface area contributed by atoms with Crippen molar-refractivity contribution in [1.82, 2.24) is 24.1 Å². The first-order chi connectivity index (χ1) is 28.2. The fourth-order valence-corrected chi connectivity index (χ4v) is 9.66. The van der Waals surface area contributed by atoms with Crippen molar-refractivity contribution in [3.63, 3.8) is 0 Å². The average Bonchev–Trinajstić information content (AvgIpc) is 3.93. The highest BCUT2D eigenvalue weighted by molar-refractivity contribution is 7.25. The lowest BCUT2D eigenvalue weighted by atomic mass is 10.1. The van der Waals surface area contributed by atoms with Crippen LogP contribution in [0.25, 0.3) is 109 Å². The standard InChI is InChI=1S/C51H31N5S/c1-3-13-32(14-4-1)49-52-50(33-15-5-2-6-16-33)54-51(53-49)34-23-25-35(26-24-34)55-45-29-36(56-43-20-10-7-17-37(43)38-18-8-11-21-44(38)56)27-28-39(45)41-30-42-40-19-9-12-22-47(40)57-48(42)31-46(41)55/h1-31H. The molecule has 12 rings (SSSR count). The van der Waals surface area contributed by atoms with E-state index in [1.54, 1.807) is 0 Å². The summed E-state index contributed by atoms with van der Waals surface area (Å²) in [5.41, 5.74) is 9.73. The molecule has 57 heavy (non-hydrogen) atoms. The summed E-state index contributed by atoms with van der Waals surface area (Å²) in [6.07, 6.45) is 0. The van der Waals surface area contributed by atoms with Gasteiger partial charge in [0.25, 0.3) is 0 Å². The average molecular weight is 746 g/mol. The minimum absolute atomic E-state index is 0.636. The van der Waals surface area contributed by atoms with Gasteiger partial charge in [-0.3, -0.25) is 0 Å². The smallest absolute Gasteiger partial charge is 0.164 e. The van der Waals surface area contributed by atoms with Crippen molar-refractivity contribution in [3.8, 4) is 45.5 Å². The predicted octanol–water partition coefficient (Wildman–Crippen LogP) is 13.4. The van der Waals surface area contributed by atoms with E-state index in [1.807, 2.05) is 72.0 Å². The molecule has 8 aromatic carbocycles. The number of fused-ring (bicyclic) bond motifs is 9. The first-order valence-corrected chi connectivity index (χ1v) is 19.9. The number of para-hydroxylation sites is 2. The van der Waals surface area contributed by atoms with Gasteiger partial charge in [-0.2, -0.15) is 0 Å². The maximum absolute atomic E-state index is 5.01. The Balaban J connectivity index is 1.08. The van der Waals surface area contributed by atoms with Crippen LogP contribution in [0.5, 0.6) is 0 Å². The minimum Gasteiger partial charge on any atom is -0.309 e. The van der Waals surface area contributed by atoms with Crippen LogP contribution in [0.3, 0.4) is 0 Å². The van der Waals surface area contributed by atoms with Gasteiger partial charge in [0.05, 0.1) is 22.1 Å². The molecule has 0 N–H and O–H groups in total. The predicted molar refractivity (Wildman–Crippen MR) is 238 cm³/mol. The van der Waals surface area contributed by atoms with Crippen molar-refractivity contribution in [2.75, 3.05) is 0 Å². The Morgan fingerprint density at radius 3 is 1.40 bits per heavy atom. The van der Waals surface area contributed by atoms with E-state index >= 15 is 0 Å². The zero-order valence-corrected chi connectivity index (χ0v) is 31.4. The third-order valence-electron chi connectivity index (χ3n) is 11.2. The van der Waals surface area contributed by atoms with E-state index in [2.05, 4.69) is 137 Å². The van der Waals surface area contributed by atoms with Gasteiger partial charge in [0.15, 0.2) is 17.5 Å². The summed E-state index contributed by atoms with van der Waals surface area (Å²) in [5.74, 6) is 1.93. The lowest BCUT2D eigenvalue weighted by Gasteiger charge is -2.12. The molecule has 0 bridgehead atoms. The van der Waals surface area contributed by atoms with E-state index in [4.69, 9.17) is 15.0 Å². The number of aromatic nitrogens is 5. The summed E-state index contributed by atoms with van der Waals surface area (Å²) in [6, 6.07) is 66.8. The molecule has 0 atom stereocenters. The van der Waals surface area contributed by atoms with Crippen LogP contribution >= 0.6 is 11.3 Å². The lowest BCUT2D eigenvalue weighted by Crippen LogP contribution is -2.00. The number of rotatable bonds is 5. The molecule has 0 amide bonds. The molecule has 0 fully saturated rings. The van der Waals surface area contributed by atoms with E-state index < -0.39 is 0 Å². The summed E-state index contributed by atoms with van der Waals surface area (Å²) in [7, 11) is 0. The Morgan fingerprint density at radius 2 is 0.772 bits per heavy atom. The van der Waals surface area contributed by atoms with Crippen molar-refractivity contribution in [1.29, 1.82) is 0 Å². The van der Waals surface area contributed by atoms with E-state index in [-0.39, 0.29) is 0 Å². The van der Waals surface area contributed by atoms with E-state index in [9.17, 15) is 0 Å². The monoisotopic (exact) mass is 745 g/mol. The molecule has 4 heterocycles. The van der Waals surface area contributed by atoms with Gasteiger partial charge in [-0.25, -0.2) is 15.0 Å². The fraction of sp³-hybridized carbons (Fsp3) is 0. The van der Waals surface area contributed by atoms with Crippen molar-refractivity contribution in [2.24, 2.45) is 0 Å². The van der Waals surface area contributed by atoms with Gasteiger partial charge >= 0.3 is 0 Å². The molecular formula is C51H31N5S. The lowest BCUT2D eigenvalue weighted by molar-refractivity contribution is 1.07. The minimum atomic E-state index is 0.636. The van der Waals surface area contributed by atoms with Gasteiger partial charge in [-0.15, -0.1) is 11.3 Å². The van der Waals surface area contributed by atoms with Crippen LogP contribution < -0.4 is 0 Å². The normalized spacial score (nSPS) is 11.9. The van der Waals surface area contributed by atoms with Gasteiger partial charge in [0, 0.05) is 69.8 Å². The van der Waals surface area contributed by atoms with Crippen LogP contribution in [0.4, 0.5) is 0 Å². The molecule has 0 saturated carbocycles. The van der Waals surface area contributed by atoms with Crippen LogP contribution in [-0.4, -0.2) is 24.1 Å². The van der Waals surface area contributed by atoms with Crippen LogP contribution in [0, 0.1) is 0 Å². The molecule has 0 spiro atoms. The molecule has 4 aromatic heterocycles. The van der Waals surface area contributed by atoms with Crippen LogP contribution in [-0.2, 0) is 0 Å². The van der Waals surface area contributed by atoms with Crippen molar-refractivity contribution >= 4 is 75.1 Å². The van der Waals surface area contributed by atoms with Crippen molar-refractivity contribution in [2.45, 2.75) is 0 Å². The molecule has 6 heteroatoms. The molecular weight excluding hydrogens is 715 g/mol. The van der Waals surface area contributed by atoms with Crippen molar-refractivity contribution < 1.29 is 0 Å². The Kier molecular flexibility index (Phi) is 7.03. The zero-order valence-electron chi connectivity index (χ0n) is 30.5. The maximum Gasteiger partial charge on any atom is 0.164 e. The highest BCUT2D eigenvalue weighted by Gasteiger charge is 2.19. The Morgan fingerprint density at radius 1 is 0.298 bits per heavy atom. The topological polar surface area (TPSA) is 48.5 Å². The van der Waals surface area contributed by atoms with Gasteiger partial charge < -0.3 is 9.13 Å². The first-order valence-electron chi connectivity index (χ1n) is 19.1. The molecule has 0 radical (unpaired) electrons. The third kappa shape index (κ3) is 5.04. The Hall–Kier alpha value is -7.41. The second kappa shape index (κ2) is 12.6. The SMILES string of the molecule is c1ccc(-c2nc(-c3ccccc3)nc(-c3ccc(-n4c5cc(-n6c7ccccc7c7ccccc76)ccc5c5cc6c(cc54)sc4ccccc46)cc3)n2)cc1. The van der Waals surface area contributed by atoms with Crippen LogP contribution in [0.2, 0.25) is 0 Å². The van der Waals surface area contributed by atoms with Crippen LogP contribution in [0.15, 0.2) is 188 Å². The maximum atomic E-state index is 5.01. The van der Waals surface area contributed by atoms with Crippen molar-refractivity contribution in [3.05, 3.63) is 188 Å². The van der Waals surface area contributed by atoms with E-state index in [0.717, 1.165) is 33.6 Å². The zero-order chi connectivity index (χ0) is 37.5. The first kappa shape index (κ1) is 31.9. The molecule has 266 valence electrons. The highest BCUT2D eigenvalue weighted by atomic mass is 32.1. The largest absolute Gasteiger partial charge is 0.309 e. The summed E-state index contributed by atoms with van der Waals surface area (Å²) in [5, 5.41) is 7.54. The molecule has 0 saturated heterocycles. The summed E-state index contributed by atoms with van der Waals surface area (Å²) < 4.78 is 7.40. The van der Waals surface area contributed by atoms with E-state index in [1.165, 1.54) is 58.3 Å². The molecule has 5 nitrogen and oxygen atoms in total. The van der Waals surface area contributed by atoms with Gasteiger partial charge in [0.2, 0.25) is 0 Å². The Labute approximate surface area is 331 Å². The van der Waals surface area contributed by atoms with Gasteiger partial charge in [0.1, 0.15) is 0 Å². The number of benzene rings is 8. The Bertz CT molecular complexity index is 3400. The molecule has 0 aliphatic heterocycles. The van der Waals surface area contributed by atoms with Gasteiger partial charge in [-0.1, -0.05) is 121 Å². The summed E-state index contributed by atoms with van der Waals surface area (Å²) in [6.45, 7) is 0. The van der Waals surface area contributed by atoms with E-state index in [0.29, 0.717) is 17.5 Å². The van der Waals surface area contributed by atoms with Crippen LogP contribution in [0.1, 0.15) is 0 Å². The second-order valence-corrected chi connectivity index (χ2v) is 15.5. The number of thiophene rings is 1. The summed E-state index contributed by atoms with van der Waals surface area (Å²) in [4.78, 5) is 14.9. The highest BCUT2D eigenvalue weighted by Crippen LogP contribution is 2.42. The quantitative estimate of drug-likeness (QED) is 0.176. The molecule has 0 aliphatic carbocycles. The molecule has 0 aliphatic rings. The molecule has 12 aromatic rings.